The lowest BCUT2D eigenvalue weighted by atomic mass is 9.95. The van der Waals surface area contributed by atoms with Crippen LogP contribution in [-0.2, 0) is 9.59 Å². The molecule has 0 aliphatic carbocycles. The molecule has 25 heavy (non-hydrogen) atoms. The van der Waals surface area contributed by atoms with Crippen molar-refractivity contribution in [2.75, 3.05) is 19.0 Å². The van der Waals surface area contributed by atoms with Crippen molar-refractivity contribution in [2.24, 2.45) is 0 Å². The Bertz CT molecular complexity index is 727. The monoisotopic (exact) mass is 343 g/mol. The third kappa shape index (κ3) is 5.24. The van der Waals surface area contributed by atoms with Gasteiger partial charge in [0.1, 0.15) is 11.5 Å². The number of nitrogens with one attached hydrogen (secondary N) is 1. The van der Waals surface area contributed by atoms with E-state index in [9.17, 15) is 9.59 Å². The van der Waals surface area contributed by atoms with Crippen LogP contribution in [0.3, 0.4) is 0 Å². The Balaban J connectivity index is 2.08. The molecule has 0 bridgehead atoms. The highest BCUT2D eigenvalue weighted by atomic mass is 16.5. The highest BCUT2D eigenvalue weighted by Crippen LogP contribution is 2.25. The quantitative estimate of drug-likeness (QED) is 0.768. The molecule has 0 saturated heterocycles. The van der Waals surface area contributed by atoms with Gasteiger partial charge in [0.25, 0.3) is 0 Å². The average molecular weight is 343 g/mol. The maximum atomic E-state index is 12.6. The summed E-state index contributed by atoms with van der Waals surface area (Å²) in [6, 6.07) is 14.1. The van der Waals surface area contributed by atoms with Crippen LogP contribution < -0.4 is 14.8 Å². The summed E-state index contributed by atoms with van der Waals surface area (Å²) >= 11 is 0. The Morgan fingerprint density at radius 3 is 2.44 bits per heavy atom. The molecule has 6 nitrogen and oxygen atoms in total. The van der Waals surface area contributed by atoms with Gasteiger partial charge in [0, 0.05) is 11.8 Å². The topological polar surface area (TPSA) is 84.9 Å². The summed E-state index contributed by atoms with van der Waals surface area (Å²) in [6.07, 6.45) is 0.646. The minimum absolute atomic E-state index is 0.136. The Hall–Kier alpha value is -3.02. The number of aliphatic carboxylic acids is 1. The van der Waals surface area contributed by atoms with Crippen molar-refractivity contribution < 1.29 is 24.2 Å². The van der Waals surface area contributed by atoms with Crippen LogP contribution in [0.4, 0.5) is 5.69 Å². The zero-order valence-electron chi connectivity index (χ0n) is 14.2. The predicted molar refractivity (Wildman–Crippen MR) is 94.2 cm³/mol. The van der Waals surface area contributed by atoms with Crippen LogP contribution in [-0.4, -0.2) is 30.7 Å². The van der Waals surface area contributed by atoms with E-state index in [0.29, 0.717) is 17.9 Å². The summed E-state index contributed by atoms with van der Waals surface area (Å²) in [4.78, 5) is 23.2. The molecule has 1 amide bonds. The molecule has 0 aromatic heterocycles. The Labute approximate surface area is 146 Å². The van der Waals surface area contributed by atoms with Crippen LogP contribution in [0.1, 0.15) is 24.8 Å². The fourth-order valence-corrected chi connectivity index (χ4v) is 2.45. The number of carbonyl (C=O) groups is 2. The number of benzene rings is 2. The molecule has 2 aromatic carbocycles. The van der Waals surface area contributed by atoms with E-state index in [0.717, 1.165) is 11.3 Å². The standard InChI is InChI=1S/C19H21NO5/c1-3-17(13-7-9-15(24-2)10-8-13)19(23)20-14-5-4-6-16(11-14)25-12-18(21)22/h4-11,17H,3,12H2,1-2H3,(H,20,23)(H,21,22). The SMILES string of the molecule is CCC(C(=O)Nc1cccc(OCC(=O)O)c1)c1ccc(OC)cc1. The number of amides is 1. The Morgan fingerprint density at radius 2 is 1.84 bits per heavy atom. The fourth-order valence-electron chi connectivity index (χ4n) is 2.45. The van der Waals surface area contributed by atoms with Gasteiger partial charge in [-0.25, -0.2) is 4.79 Å². The minimum Gasteiger partial charge on any atom is -0.497 e. The number of anilines is 1. The van der Waals surface area contributed by atoms with E-state index in [1.165, 1.54) is 0 Å². The van der Waals surface area contributed by atoms with E-state index in [2.05, 4.69) is 5.32 Å². The molecule has 2 aromatic rings. The zero-order valence-corrected chi connectivity index (χ0v) is 14.2. The van der Waals surface area contributed by atoms with Crippen LogP contribution in [0.15, 0.2) is 48.5 Å². The molecule has 2 rings (SSSR count). The first-order valence-electron chi connectivity index (χ1n) is 7.93. The van der Waals surface area contributed by atoms with E-state index >= 15 is 0 Å². The van der Waals surface area contributed by atoms with Crippen LogP contribution in [0.5, 0.6) is 11.5 Å². The smallest absolute Gasteiger partial charge is 0.341 e. The van der Waals surface area contributed by atoms with Gasteiger partial charge in [0.05, 0.1) is 13.0 Å². The third-order valence-corrected chi connectivity index (χ3v) is 3.71. The molecule has 6 heteroatoms. The molecule has 2 N–H and O–H groups in total. The summed E-state index contributed by atoms with van der Waals surface area (Å²) in [5.41, 5.74) is 1.46. The molecular formula is C19H21NO5. The number of hydrogen-bond donors (Lipinski definition) is 2. The van der Waals surface area contributed by atoms with Crippen LogP contribution in [0, 0.1) is 0 Å². The van der Waals surface area contributed by atoms with E-state index in [4.69, 9.17) is 14.6 Å². The van der Waals surface area contributed by atoms with E-state index < -0.39 is 12.6 Å². The second kappa shape index (κ2) is 8.73. The lowest BCUT2D eigenvalue weighted by Gasteiger charge is -2.16. The third-order valence-electron chi connectivity index (χ3n) is 3.71. The Morgan fingerprint density at radius 1 is 1.12 bits per heavy atom. The number of methoxy groups -OCH3 is 1. The fraction of sp³-hybridized carbons (Fsp3) is 0.263. The van der Waals surface area contributed by atoms with Gasteiger partial charge in [-0.2, -0.15) is 0 Å². The molecule has 0 fully saturated rings. The van der Waals surface area contributed by atoms with Gasteiger partial charge in [-0.15, -0.1) is 0 Å². The van der Waals surface area contributed by atoms with E-state index in [1.807, 2.05) is 31.2 Å². The zero-order chi connectivity index (χ0) is 18.2. The van der Waals surface area contributed by atoms with Gasteiger partial charge in [-0.05, 0) is 36.2 Å². The van der Waals surface area contributed by atoms with Crippen molar-refractivity contribution in [2.45, 2.75) is 19.3 Å². The molecule has 132 valence electrons. The van der Waals surface area contributed by atoms with Gasteiger partial charge in [-0.1, -0.05) is 25.1 Å². The molecule has 1 unspecified atom stereocenters. The number of carboxylic acids is 1. The van der Waals surface area contributed by atoms with Crippen molar-refractivity contribution in [1.29, 1.82) is 0 Å². The van der Waals surface area contributed by atoms with Gasteiger partial charge in [0.15, 0.2) is 6.61 Å². The largest absolute Gasteiger partial charge is 0.497 e. The molecule has 0 aliphatic heterocycles. The number of hydrogen-bond acceptors (Lipinski definition) is 4. The lowest BCUT2D eigenvalue weighted by molar-refractivity contribution is -0.139. The highest BCUT2D eigenvalue weighted by molar-refractivity contribution is 5.96. The summed E-state index contributed by atoms with van der Waals surface area (Å²) in [5.74, 6) is -0.363. The second-order valence-corrected chi connectivity index (χ2v) is 5.43. The number of ether oxygens (including phenoxy) is 2. The van der Waals surface area contributed by atoms with E-state index in [-0.39, 0.29) is 11.8 Å². The maximum Gasteiger partial charge on any atom is 0.341 e. The number of carbonyl (C=O) groups excluding carboxylic acids is 1. The van der Waals surface area contributed by atoms with Crippen molar-refractivity contribution in [3.8, 4) is 11.5 Å². The second-order valence-electron chi connectivity index (χ2n) is 5.43. The number of rotatable bonds is 8. The summed E-state index contributed by atoms with van der Waals surface area (Å²) < 4.78 is 10.3. The first-order valence-corrected chi connectivity index (χ1v) is 7.93. The lowest BCUT2D eigenvalue weighted by Crippen LogP contribution is -2.20. The average Bonchev–Trinajstić information content (AvgIpc) is 2.61. The van der Waals surface area contributed by atoms with Gasteiger partial charge in [0.2, 0.25) is 5.91 Å². The van der Waals surface area contributed by atoms with Crippen LogP contribution in [0.2, 0.25) is 0 Å². The molecule has 0 radical (unpaired) electrons. The molecule has 1 atom stereocenters. The van der Waals surface area contributed by atoms with Crippen LogP contribution in [0.25, 0.3) is 0 Å². The molecule has 0 heterocycles. The molecule has 0 aliphatic rings. The minimum atomic E-state index is -1.06. The Kier molecular flexibility index (Phi) is 6.39. The van der Waals surface area contributed by atoms with Crippen molar-refractivity contribution in [3.63, 3.8) is 0 Å². The number of carboxylic acid groups (broad SMARTS) is 1. The van der Waals surface area contributed by atoms with Crippen LogP contribution >= 0.6 is 0 Å². The van der Waals surface area contributed by atoms with Gasteiger partial charge in [-0.3, -0.25) is 4.79 Å². The maximum absolute atomic E-state index is 12.6. The molecule has 0 spiro atoms. The van der Waals surface area contributed by atoms with E-state index in [1.54, 1.807) is 31.4 Å². The summed E-state index contributed by atoms with van der Waals surface area (Å²) in [5, 5.41) is 11.5. The van der Waals surface area contributed by atoms with Crippen molar-refractivity contribution in [3.05, 3.63) is 54.1 Å². The van der Waals surface area contributed by atoms with Gasteiger partial charge >= 0.3 is 5.97 Å². The summed E-state index contributed by atoms with van der Waals surface area (Å²) in [7, 11) is 1.60. The first kappa shape index (κ1) is 18.3. The molecular weight excluding hydrogens is 322 g/mol. The summed E-state index contributed by atoms with van der Waals surface area (Å²) in [6.45, 7) is 1.52. The van der Waals surface area contributed by atoms with Crippen molar-refractivity contribution >= 4 is 17.6 Å². The van der Waals surface area contributed by atoms with Gasteiger partial charge < -0.3 is 19.9 Å². The highest BCUT2D eigenvalue weighted by Gasteiger charge is 2.19. The van der Waals surface area contributed by atoms with Crippen molar-refractivity contribution in [1.82, 2.24) is 0 Å². The first-order chi connectivity index (χ1) is 12.0. The predicted octanol–water partition coefficient (Wildman–Crippen LogP) is 3.29. The molecule has 0 saturated carbocycles. The normalized spacial score (nSPS) is 11.4.